The summed E-state index contributed by atoms with van der Waals surface area (Å²) in [6, 6.07) is 7.92. The Kier molecular flexibility index (Phi) is 5.37. The first-order valence-electron chi connectivity index (χ1n) is 7.26. The van der Waals surface area contributed by atoms with Gasteiger partial charge >= 0.3 is 0 Å². The molecule has 0 aliphatic carbocycles. The topological polar surface area (TPSA) is 12.9 Å². The van der Waals surface area contributed by atoms with E-state index in [9.17, 15) is 0 Å². The summed E-state index contributed by atoms with van der Waals surface area (Å²) in [6.07, 6.45) is 0. The van der Waals surface area contributed by atoms with Gasteiger partial charge in [0, 0.05) is 20.2 Å². The molecule has 107 valence electrons. The molecule has 0 saturated heterocycles. The number of nitrogens with zero attached hydrogens (tertiary/aromatic N) is 1. The number of hydrogen-bond acceptors (Lipinski definition) is 1. The second-order valence-electron chi connectivity index (χ2n) is 8.10. The van der Waals surface area contributed by atoms with Crippen LogP contribution in [0.1, 0.15) is 16.6 Å². The van der Waals surface area contributed by atoms with Crippen molar-refractivity contribution >= 4 is 24.9 Å². The van der Waals surface area contributed by atoms with E-state index in [0.717, 1.165) is 5.16 Å². The molecule has 0 aliphatic rings. The number of rotatable bonds is 5. The lowest BCUT2D eigenvalue weighted by Gasteiger charge is -2.38. The second-order valence-corrected chi connectivity index (χ2v) is 22.1. The monoisotopic (exact) mass is 308 g/mol. The summed E-state index contributed by atoms with van der Waals surface area (Å²) in [6.45, 7) is 19.7. The van der Waals surface area contributed by atoms with Gasteiger partial charge in [0.05, 0.1) is 16.1 Å². The normalized spacial score (nSPS) is 13.4. The molecular formula is C15H30NSi3. The summed E-state index contributed by atoms with van der Waals surface area (Å²) in [5, 5.41) is 0.754. The summed E-state index contributed by atoms with van der Waals surface area (Å²) in [7, 11) is -2.68. The molecule has 1 rings (SSSR count). The van der Waals surface area contributed by atoms with Crippen molar-refractivity contribution < 1.29 is 0 Å². The van der Waals surface area contributed by atoms with Gasteiger partial charge in [-0.3, -0.25) is 4.98 Å². The van der Waals surface area contributed by atoms with Crippen molar-refractivity contribution in [2.24, 2.45) is 0 Å². The third-order valence-electron chi connectivity index (χ3n) is 3.39. The van der Waals surface area contributed by atoms with Crippen LogP contribution in [0.4, 0.5) is 0 Å². The van der Waals surface area contributed by atoms with Gasteiger partial charge in [-0.25, -0.2) is 0 Å². The summed E-state index contributed by atoms with van der Waals surface area (Å²) in [4.78, 5) is 5.04. The van der Waals surface area contributed by atoms with Gasteiger partial charge in [0.15, 0.2) is 0 Å². The van der Waals surface area contributed by atoms with Crippen molar-refractivity contribution in [3.8, 4) is 0 Å². The minimum absolute atomic E-state index is 0.239. The van der Waals surface area contributed by atoms with E-state index >= 15 is 0 Å². The molecular weight excluding hydrogens is 278 g/mol. The molecule has 1 aromatic rings. The number of aromatic nitrogens is 1. The van der Waals surface area contributed by atoms with Crippen LogP contribution in [0.2, 0.25) is 52.4 Å². The Balaban J connectivity index is 3.17. The zero-order valence-corrected chi connectivity index (χ0v) is 17.0. The zero-order valence-electron chi connectivity index (χ0n) is 14.0. The first-order valence-corrected chi connectivity index (χ1v) is 17.1. The van der Waals surface area contributed by atoms with Crippen LogP contribution < -0.4 is 0 Å². The maximum atomic E-state index is 5.04. The maximum Gasteiger partial charge on any atom is 0.0513 e. The van der Waals surface area contributed by atoms with Gasteiger partial charge in [-0.2, -0.15) is 0 Å². The Bertz CT molecular complexity index is 402. The highest BCUT2D eigenvalue weighted by Crippen LogP contribution is 2.34. The molecule has 0 amide bonds. The van der Waals surface area contributed by atoms with Crippen LogP contribution >= 0.6 is 0 Å². The van der Waals surface area contributed by atoms with Crippen LogP contribution in [-0.2, 0) is 6.04 Å². The average molecular weight is 309 g/mol. The molecule has 4 heteroatoms. The van der Waals surface area contributed by atoms with E-state index < -0.39 is 16.1 Å². The summed E-state index contributed by atoms with van der Waals surface area (Å²) >= 11 is 0. The smallest absolute Gasteiger partial charge is 0.0513 e. The Morgan fingerprint density at radius 2 is 1.53 bits per heavy atom. The Hall–Kier alpha value is -0.199. The third-order valence-corrected chi connectivity index (χ3v) is 13.7. The average Bonchev–Trinajstić information content (AvgIpc) is 2.11. The lowest BCUT2D eigenvalue weighted by atomic mass is 10.3. The molecule has 0 unspecified atom stereocenters. The van der Waals surface area contributed by atoms with E-state index in [4.69, 9.17) is 4.98 Å². The number of pyridine rings is 1. The van der Waals surface area contributed by atoms with Crippen molar-refractivity contribution in [2.45, 2.75) is 63.6 Å². The molecule has 19 heavy (non-hydrogen) atoms. The van der Waals surface area contributed by atoms with E-state index in [-0.39, 0.29) is 8.80 Å². The highest BCUT2D eigenvalue weighted by Gasteiger charge is 2.39. The first kappa shape index (κ1) is 16.9. The fourth-order valence-corrected chi connectivity index (χ4v) is 16.7. The molecule has 0 aliphatic heterocycles. The minimum Gasteiger partial charge on any atom is -0.259 e. The molecule has 0 spiro atoms. The van der Waals surface area contributed by atoms with Gasteiger partial charge < -0.3 is 0 Å². The van der Waals surface area contributed by atoms with E-state index in [2.05, 4.69) is 70.6 Å². The molecule has 0 saturated carbocycles. The Morgan fingerprint density at radius 3 is 1.95 bits per heavy atom. The van der Waals surface area contributed by atoms with Gasteiger partial charge in [0.25, 0.3) is 0 Å². The highest BCUT2D eigenvalue weighted by molar-refractivity contribution is 6.96. The summed E-state index contributed by atoms with van der Waals surface area (Å²) < 4.78 is 0. The largest absolute Gasteiger partial charge is 0.259 e. The van der Waals surface area contributed by atoms with Gasteiger partial charge in [-0.15, -0.1) is 0 Å². The Labute approximate surface area is 123 Å². The standard InChI is InChI=1S/C15H30NSi3/c1-17(2)12-13-10-9-11-14(16-13)15(18(3,4)5)19(6,7)8/h9-11,15H,12H2,1-8H3. The third kappa shape index (κ3) is 5.00. The van der Waals surface area contributed by atoms with Crippen molar-refractivity contribution in [1.82, 2.24) is 4.98 Å². The van der Waals surface area contributed by atoms with E-state index in [0.29, 0.717) is 0 Å². The zero-order chi connectivity index (χ0) is 14.8. The Morgan fingerprint density at radius 1 is 1.00 bits per heavy atom. The van der Waals surface area contributed by atoms with E-state index in [1.165, 1.54) is 17.4 Å². The molecule has 1 aromatic heterocycles. The molecule has 1 nitrogen and oxygen atoms in total. The molecule has 0 atom stereocenters. The fraction of sp³-hybridized carbons (Fsp3) is 0.667. The maximum absolute atomic E-state index is 5.04. The molecule has 1 heterocycles. The molecule has 0 fully saturated rings. The number of hydrogen-bond donors (Lipinski definition) is 0. The van der Waals surface area contributed by atoms with Crippen molar-refractivity contribution in [1.29, 1.82) is 0 Å². The van der Waals surface area contributed by atoms with E-state index in [1.807, 2.05) is 0 Å². The van der Waals surface area contributed by atoms with Crippen LogP contribution in [0, 0.1) is 0 Å². The molecule has 0 aromatic carbocycles. The van der Waals surface area contributed by atoms with Crippen LogP contribution in [0.15, 0.2) is 18.2 Å². The highest BCUT2D eigenvalue weighted by atomic mass is 28.4. The van der Waals surface area contributed by atoms with Crippen LogP contribution in [0.3, 0.4) is 0 Å². The lowest BCUT2D eigenvalue weighted by molar-refractivity contribution is 1.02. The molecule has 1 radical (unpaired) electrons. The predicted molar refractivity (Wildman–Crippen MR) is 94.9 cm³/mol. The predicted octanol–water partition coefficient (Wildman–Crippen LogP) is 4.76. The lowest BCUT2D eigenvalue weighted by Crippen LogP contribution is -2.47. The SMILES string of the molecule is C[Si](C)Cc1cccc(C([Si](C)(C)C)[Si](C)(C)C)n1. The van der Waals surface area contributed by atoms with E-state index in [1.54, 1.807) is 0 Å². The van der Waals surface area contributed by atoms with Crippen molar-refractivity contribution in [3.05, 3.63) is 29.6 Å². The summed E-state index contributed by atoms with van der Waals surface area (Å²) in [5.41, 5.74) is 2.71. The van der Waals surface area contributed by atoms with Gasteiger partial charge in [0.1, 0.15) is 0 Å². The fourth-order valence-electron chi connectivity index (χ4n) is 3.31. The van der Waals surface area contributed by atoms with Crippen molar-refractivity contribution in [3.63, 3.8) is 0 Å². The second kappa shape index (κ2) is 6.06. The van der Waals surface area contributed by atoms with Gasteiger partial charge in [-0.05, 0) is 23.3 Å². The van der Waals surface area contributed by atoms with Gasteiger partial charge in [-0.1, -0.05) is 58.4 Å². The molecule has 0 bridgehead atoms. The first-order chi connectivity index (χ1) is 8.51. The van der Waals surface area contributed by atoms with Crippen molar-refractivity contribution in [2.75, 3.05) is 0 Å². The quantitative estimate of drug-likeness (QED) is 0.715. The van der Waals surface area contributed by atoms with Crippen LogP contribution in [-0.4, -0.2) is 29.9 Å². The van der Waals surface area contributed by atoms with Gasteiger partial charge in [0.2, 0.25) is 0 Å². The van der Waals surface area contributed by atoms with Crippen LogP contribution in [0.5, 0.6) is 0 Å². The minimum atomic E-state index is -1.22. The molecule has 0 N–H and O–H groups in total. The summed E-state index contributed by atoms with van der Waals surface area (Å²) in [5.74, 6) is 0. The van der Waals surface area contributed by atoms with Crippen LogP contribution in [0.25, 0.3) is 0 Å².